The molecule has 100 valence electrons. The third kappa shape index (κ3) is 2.84. The van der Waals surface area contributed by atoms with Crippen LogP contribution < -0.4 is 10.6 Å². The number of hydrogen-bond acceptors (Lipinski definition) is 3. The molecule has 2 N–H and O–H groups in total. The first-order valence-corrected chi connectivity index (χ1v) is 7.56. The number of halogens is 1. The molecule has 4 heteroatoms. The molecule has 1 aliphatic carbocycles. The van der Waals surface area contributed by atoms with Crippen LogP contribution in [0.15, 0.2) is 40.6 Å². The predicted molar refractivity (Wildman–Crippen MR) is 78.9 cm³/mol. The molecule has 0 radical (unpaired) electrons. The summed E-state index contributed by atoms with van der Waals surface area (Å²) in [4.78, 5) is 12.2. The van der Waals surface area contributed by atoms with Crippen LogP contribution in [0.4, 0.5) is 0 Å². The molecule has 2 atom stereocenters. The SMILES string of the molecule is O=C(C=C1N[C@@H]2CCCC[C@H]2N1)c1cccc(Br)c1. The van der Waals surface area contributed by atoms with Crippen LogP contribution in [0.2, 0.25) is 0 Å². The van der Waals surface area contributed by atoms with Gasteiger partial charge in [0.1, 0.15) is 5.82 Å². The van der Waals surface area contributed by atoms with Crippen LogP contribution in [0.3, 0.4) is 0 Å². The molecule has 1 aromatic carbocycles. The lowest BCUT2D eigenvalue weighted by atomic mass is 9.92. The number of allylic oxidation sites excluding steroid dienone is 1. The lowest BCUT2D eigenvalue weighted by Crippen LogP contribution is -2.36. The van der Waals surface area contributed by atoms with Crippen LogP contribution in [-0.2, 0) is 0 Å². The smallest absolute Gasteiger partial charge is 0.189 e. The van der Waals surface area contributed by atoms with Gasteiger partial charge in [0.05, 0.1) is 0 Å². The lowest BCUT2D eigenvalue weighted by molar-refractivity contribution is 0.104. The Morgan fingerprint density at radius 3 is 2.53 bits per heavy atom. The normalized spacial score (nSPS) is 25.2. The van der Waals surface area contributed by atoms with E-state index in [4.69, 9.17) is 0 Å². The first-order chi connectivity index (χ1) is 9.22. The molecule has 2 fully saturated rings. The van der Waals surface area contributed by atoms with Crippen LogP contribution in [-0.4, -0.2) is 17.9 Å². The van der Waals surface area contributed by atoms with Crippen LogP contribution in [0.5, 0.6) is 0 Å². The highest BCUT2D eigenvalue weighted by molar-refractivity contribution is 9.10. The second-order valence-corrected chi connectivity index (χ2v) is 6.13. The van der Waals surface area contributed by atoms with Gasteiger partial charge in [-0.3, -0.25) is 4.79 Å². The van der Waals surface area contributed by atoms with Crippen molar-refractivity contribution in [2.45, 2.75) is 37.8 Å². The van der Waals surface area contributed by atoms with Crippen molar-refractivity contribution in [2.75, 3.05) is 0 Å². The Balaban J connectivity index is 1.74. The van der Waals surface area contributed by atoms with Crippen molar-refractivity contribution in [2.24, 2.45) is 0 Å². The molecular weight excluding hydrogens is 304 g/mol. The summed E-state index contributed by atoms with van der Waals surface area (Å²) in [6, 6.07) is 8.48. The fourth-order valence-corrected chi connectivity index (χ4v) is 3.26. The second kappa shape index (κ2) is 5.37. The van der Waals surface area contributed by atoms with E-state index in [0.29, 0.717) is 17.6 Å². The molecule has 1 saturated carbocycles. The van der Waals surface area contributed by atoms with E-state index >= 15 is 0 Å². The molecule has 2 aliphatic rings. The zero-order chi connectivity index (χ0) is 13.2. The first kappa shape index (κ1) is 12.7. The summed E-state index contributed by atoms with van der Waals surface area (Å²) >= 11 is 3.39. The summed E-state index contributed by atoms with van der Waals surface area (Å²) in [5, 5.41) is 6.85. The number of carbonyl (C=O) groups is 1. The van der Waals surface area contributed by atoms with E-state index in [1.807, 2.05) is 24.3 Å². The molecule has 1 saturated heterocycles. The minimum Gasteiger partial charge on any atom is -0.367 e. The van der Waals surface area contributed by atoms with Gasteiger partial charge in [0.15, 0.2) is 5.78 Å². The maximum absolute atomic E-state index is 12.2. The second-order valence-electron chi connectivity index (χ2n) is 5.22. The van der Waals surface area contributed by atoms with Gasteiger partial charge in [-0.15, -0.1) is 0 Å². The minimum absolute atomic E-state index is 0.0370. The summed E-state index contributed by atoms with van der Waals surface area (Å²) in [6.45, 7) is 0. The van der Waals surface area contributed by atoms with Crippen molar-refractivity contribution in [3.8, 4) is 0 Å². The fourth-order valence-electron chi connectivity index (χ4n) is 2.86. The minimum atomic E-state index is 0.0370. The largest absolute Gasteiger partial charge is 0.367 e. The summed E-state index contributed by atoms with van der Waals surface area (Å²) in [6.07, 6.45) is 6.63. The van der Waals surface area contributed by atoms with Gasteiger partial charge < -0.3 is 10.6 Å². The molecule has 0 spiro atoms. The molecule has 0 amide bonds. The Kier molecular flexibility index (Phi) is 3.60. The van der Waals surface area contributed by atoms with Crippen LogP contribution in [0, 0.1) is 0 Å². The van der Waals surface area contributed by atoms with Crippen LogP contribution in [0.25, 0.3) is 0 Å². The molecule has 1 aliphatic heterocycles. The lowest BCUT2D eigenvalue weighted by Gasteiger charge is -2.23. The Labute approximate surface area is 121 Å². The third-order valence-corrected chi connectivity index (χ3v) is 4.33. The quantitative estimate of drug-likeness (QED) is 0.650. The number of fused-ring (bicyclic) bond motifs is 1. The highest BCUT2D eigenvalue weighted by atomic mass is 79.9. The molecular formula is C15H17BrN2O. The van der Waals surface area contributed by atoms with Crippen molar-refractivity contribution in [1.82, 2.24) is 10.6 Å². The van der Waals surface area contributed by atoms with E-state index in [1.54, 1.807) is 6.08 Å². The van der Waals surface area contributed by atoms with Crippen LogP contribution >= 0.6 is 15.9 Å². The zero-order valence-corrected chi connectivity index (χ0v) is 12.2. The van der Waals surface area contributed by atoms with Gasteiger partial charge in [-0.25, -0.2) is 0 Å². The third-order valence-electron chi connectivity index (χ3n) is 3.83. The Bertz CT molecular complexity index is 511. The van der Waals surface area contributed by atoms with Crippen molar-refractivity contribution in [1.29, 1.82) is 0 Å². The average molecular weight is 321 g/mol. The summed E-state index contributed by atoms with van der Waals surface area (Å²) in [7, 11) is 0. The number of ketones is 1. The van der Waals surface area contributed by atoms with Gasteiger partial charge in [0.25, 0.3) is 0 Å². The topological polar surface area (TPSA) is 41.1 Å². The van der Waals surface area contributed by atoms with Crippen molar-refractivity contribution >= 4 is 21.7 Å². The van der Waals surface area contributed by atoms with Crippen LogP contribution in [0.1, 0.15) is 36.0 Å². The Morgan fingerprint density at radius 2 is 1.89 bits per heavy atom. The molecule has 19 heavy (non-hydrogen) atoms. The molecule has 1 heterocycles. The van der Waals surface area contributed by atoms with Gasteiger partial charge in [-0.2, -0.15) is 0 Å². The molecule has 0 bridgehead atoms. The van der Waals surface area contributed by atoms with Crippen molar-refractivity contribution in [3.05, 3.63) is 46.2 Å². The number of nitrogens with one attached hydrogen (secondary N) is 2. The molecule has 3 nitrogen and oxygen atoms in total. The van der Waals surface area contributed by atoms with E-state index < -0.39 is 0 Å². The number of carbonyl (C=O) groups excluding carboxylic acids is 1. The van der Waals surface area contributed by atoms with Gasteiger partial charge >= 0.3 is 0 Å². The maximum atomic E-state index is 12.2. The van der Waals surface area contributed by atoms with E-state index in [1.165, 1.54) is 25.7 Å². The summed E-state index contributed by atoms with van der Waals surface area (Å²) in [5.41, 5.74) is 0.709. The van der Waals surface area contributed by atoms with E-state index in [-0.39, 0.29) is 5.78 Å². The highest BCUT2D eigenvalue weighted by Crippen LogP contribution is 2.24. The first-order valence-electron chi connectivity index (χ1n) is 6.77. The fraction of sp³-hybridized carbons (Fsp3) is 0.400. The predicted octanol–water partition coefficient (Wildman–Crippen LogP) is 2.98. The van der Waals surface area contributed by atoms with E-state index in [9.17, 15) is 4.79 Å². The number of benzene rings is 1. The van der Waals surface area contributed by atoms with Gasteiger partial charge in [-0.1, -0.05) is 40.9 Å². The number of hydrogen-bond donors (Lipinski definition) is 2. The summed E-state index contributed by atoms with van der Waals surface area (Å²) < 4.78 is 0.928. The van der Waals surface area contributed by atoms with E-state index in [0.717, 1.165) is 10.3 Å². The molecule has 0 aromatic heterocycles. The zero-order valence-electron chi connectivity index (χ0n) is 10.7. The van der Waals surface area contributed by atoms with Crippen molar-refractivity contribution in [3.63, 3.8) is 0 Å². The Morgan fingerprint density at radius 1 is 1.21 bits per heavy atom. The Hall–Kier alpha value is -1.29. The van der Waals surface area contributed by atoms with Gasteiger partial charge in [0.2, 0.25) is 0 Å². The van der Waals surface area contributed by atoms with Gasteiger partial charge in [-0.05, 0) is 25.0 Å². The van der Waals surface area contributed by atoms with E-state index in [2.05, 4.69) is 26.6 Å². The standard InChI is InChI=1S/C15H17BrN2O/c16-11-5-3-4-10(8-11)14(19)9-15-17-12-6-1-2-7-13(12)18-15/h3-5,8-9,12-13,17-18H,1-2,6-7H2/t12-,13-/m1/s1. The molecule has 3 rings (SSSR count). The average Bonchev–Trinajstić information content (AvgIpc) is 2.80. The summed E-state index contributed by atoms with van der Waals surface area (Å²) in [5.74, 6) is 0.914. The van der Waals surface area contributed by atoms with Crippen molar-refractivity contribution < 1.29 is 4.79 Å². The molecule has 0 unspecified atom stereocenters. The monoisotopic (exact) mass is 320 g/mol. The van der Waals surface area contributed by atoms with Gasteiger partial charge in [0, 0.05) is 28.2 Å². The maximum Gasteiger partial charge on any atom is 0.189 e. The molecule has 1 aromatic rings. The highest BCUT2D eigenvalue weighted by Gasteiger charge is 2.31. The number of rotatable bonds is 2.